The minimum Gasteiger partial charge on any atom is -0.378 e. The third kappa shape index (κ3) is 7.00. The first-order valence-electron chi connectivity index (χ1n) is 10.8. The number of ether oxygens (including phenoxy) is 1. The van der Waals surface area contributed by atoms with E-state index in [0.717, 1.165) is 50.1 Å². The van der Waals surface area contributed by atoms with Gasteiger partial charge in [-0.2, -0.15) is 0 Å². The Bertz CT molecular complexity index is 751. The summed E-state index contributed by atoms with van der Waals surface area (Å²) in [4.78, 5) is 21.6. The molecule has 2 saturated heterocycles. The second-order valence-corrected chi connectivity index (χ2v) is 7.97. The molecule has 3 rings (SSSR count). The SMILES string of the molecule is CCNC(=NCC(C)c1ccc(F)c(F)c1)N1CCC(C(=O)N2CCOCC2)CC1.I. The molecule has 0 radical (unpaired) electrons. The summed E-state index contributed by atoms with van der Waals surface area (Å²) in [6.45, 7) is 9.34. The maximum atomic E-state index is 13.5. The van der Waals surface area contributed by atoms with Gasteiger partial charge < -0.3 is 19.9 Å². The molecule has 2 fully saturated rings. The Kier molecular flexibility index (Phi) is 10.4. The van der Waals surface area contributed by atoms with E-state index in [1.165, 1.54) is 6.07 Å². The molecule has 6 nitrogen and oxygen atoms in total. The molecule has 1 unspecified atom stereocenters. The fourth-order valence-corrected chi connectivity index (χ4v) is 3.95. The molecule has 0 bridgehead atoms. The average Bonchev–Trinajstić information content (AvgIpc) is 2.78. The van der Waals surface area contributed by atoms with Crippen molar-refractivity contribution in [3.05, 3.63) is 35.4 Å². The van der Waals surface area contributed by atoms with Gasteiger partial charge in [-0.25, -0.2) is 8.78 Å². The minimum atomic E-state index is -0.836. The molecular formula is C22H33F2IN4O2. The van der Waals surface area contributed by atoms with Crippen LogP contribution in [0.1, 0.15) is 38.2 Å². The molecule has 31 heavy (non-hydrogen) atoms. The van der Waals surface area contributed by atoms with Gasteiger partial charge in [0.25, 0.3) is 0 Å². The number of nitrogens with one attached hydrogen (secondary N) is 1. The molecule has 0 aromatic heterocycles. The van der Waals surface area contributed by atoms with Crippen LogP contribution in [0.15, 0.2) is 23.2 Å². The lowest BCUT2D eigenvalue weighted by atomic mass is 9.95. The topological polar surface area (TPSA) is 57.2 Å². The van der Waals surface area contributed by atoms with Crippen LogP contribution < -0.4 is 5.32 Å². The number of halogens is 3. The maximum absolute atomic E-state index is 13.5. The number of likely N-dealkylation sites (tertiary alicyclic amines) is 1. The van der Waals surface area contributed by atoms with Crippen LogP contribution in [0.4, 0.5) is 8.78 Å². The monoisotopic (exact) mass is 550 g/mol. The fourth-order valence-electron chi connectivity index (χ4n) is 3.95. The molecule has 174 valence electrons. The number of guanidine groups is 1. The van der Waals surface area contributed by atoms with Crippen molar-refractivity contribution < 1.29 is 18.3 Å². The number of rotatable bonds is 5. The van der Waals surface area contributed by atoms with Crippen molar-refractivity contribution in [1.82, 2.24) is 15.1 Å². The molecule has 0 aliphatic carbocycles. The molecule has 2 aliphatic heterocycles. The third-order valence-corrected chi connectivity index (χ3v) is 5.83. The summed E-state index contributed by atoms with van der Waals surface area (Å²) in [6.07, 6.45) is 1.61. The molecule has 1 N–H and O–H groups in total. The van der Waals surface area contributed by atoms with Crippen LogP contribution in [0.3, 0.4) is 0 Å². The largest absolute Gasteiger partial charge is 0.378 e. The Labute approximate surface area is 200 Å². The van der Waals surface area contributed by atoms with Crippen molar-refractivity contribution in [2.45, 2.75) is 32.6 Å². The predicted octanol–water partition coefficient (Wildman–Crippen LogP) is 3.22. The number of amides is 1. The van der Waals surface area contributed by atoms with Gasteiger partial charge in [0, 0.05) is 51.1 Å². The number of hydrogen-bond acceptors (Lipinski definition) is 3. The van der Waals surface area contributed by atoms with Gasteiger partial charge in [0.15, 0.2) is 17.6 Å². The van der Waals surface area contributed by atoms with Gasteiger partial charge in [-0.05, 0) is 37.5 Å². The lowest BCUT2D eigenvalue weighted by molar-refractivity contribution is -0.140. The number of piperidine rings is 1. The number of carbonyl (C=O) groups is 1. The van der Waals surface area contributed by atoms with Crippen molar-refractivity contribution in [3.8, 4) is 0 Å². The van der Waals surface area contributed by atoms with Crippen LogP contribution in [0, 0.1) is 17.6 Å². The summed E-state index contributed by atoms with van der Waals surface area (Å²) < 4.78 is 32.0. The van der Waals surface area contributed by atoms with Crippen LogP contribution in [-0.2, 0) is 9.53 Å². The number of hydrogen-bond donors (Lipinski definition) is 1. The fraction of sp³-hybridized carbons (Fsp3) is 0.636. The summed E-state index contributed by atoms with van der Waals surface area (Å²) in [7, 11) is 0. The Morgan fingerprint density at radius 2 is 1.84 bits per heavy atom. The van der Waals surface area contributed by atoms with Gasteiger partial charge in [-0.3, -0.25) is 9.79 Å². The van der Waals surface area contributed by atoms with Crippen LogP contribution >= 0.6 is 24.0 Å². The van der Waals surface area contributed by atoms with E-state index in [1.54, 1.807) is 6.07 Å². The summed E-state index contributed by atoms with van der Waals surface area (Å²) in [5, 5.41) is 3.32. The maximum Gasteiger partial charge on any atom is 0.225 e. The molecule has 9 heteroatoms. The zero-order valence-electron chi connectivity index (χ0n) is 18.3. The van der Waals surface area contributed by atoms with E-state index >= 15 is 0 Å². The van der Waals surface area contributed by atoms with Crippen molar-refractivity contribution in [2.24, 2.45) is 10.9 Å². The van der Waals surface area contributed by atoms with E-state index in [2.05, 4.69) is 10.2 Å². The van der Waals surface area contributed by atoms with Gasteiger partial charge in [0.05, 0.1) is 13.2 Å². The van der Waals surface area contributed by atoms with Gasteiger partial charge in [0.1, 0.15) is 0 Å². The van der Waals surface area contributed by atoms with Crippen LogP contribution in [0.5, 0.6) is 0 Å². The Balaban J connectivity index is 0.00000341. The Hall–Kier alpha value is -1.49. The lowest BCUT2D eigenvalue weighted by Gasteiger charge is -2.36. The first-order valence-corrected chi connectivity index (χ1v) is 10.8. The van der Waals surface area contributed by atoms with E-state index in [0.29, 0.717) is 32.8 Å². The standard InChI is InChI=1S/C22H32F2N4O2.HI/c1-3-25-22(26-15-16(2)18-4-5-19(23)20(24)14-18)28-8-6-17(7-9-28)21(29)27-10-12-30-13-11-27;/h4-5,14,16-17H,3,6-13,15H2,1-2H3,(H,25,26);1H. The van der Waals surface area contributed by atoms with Crippen molar-refractivity contribution in [3.63, 3.8) is 0 Å². The second kappa shape index (κ2) is 12.5. The van der Waals surface area contributed by atoms with E-state index in [1.807, 2.05) is 18.7 Å². The Morgan fingerprint density at radius 3 is 2.45 bits per heavy atom. The average molecular weight is 550 g/mol. The highest BCUT2D eigenvalue weighted by molar-refractivity contribution is 14.0. The number of carbonyl (C=O) groups excluding carboxylic acids is 1. The minimum absolute atomic E-state index is 0. The number of benzene rings is 1. The van der Waals surface area contributed by atoms with E-state index < -0.39 is 11.6 Å². The normalized spacial score (nSPS) is 19.0. The first kappa shape index (κ1) is 25.8. The quantitative estimate of drug-likeness (QED) is 0.348. The van der Waals surface area contributed by atoms with Gasteiger partial charge in [0.2, 0.25) is 5.91 Å². The highest BCUT2D eigenvalue weighted by Gasteiger charge is 2.30. The van der Waals surface area contributed by atoms with E-state index in [4.69, 9.17) is 9.73 Å². The summed E-state index contributed by atoms with van der Waals surface area (Å²) in [5.41, 5.74) is 0.725. The van der Waals surface area contributed by atoms with Crippen LogP contribution in [0.25, 0.3) is 0 Å². The van der Waals surface area contributed by atoms with E-state index in [9.17, 15) is 13.6 Å². The molecule has 0 saturated carbocycles. The molecule has 0 spiro atoms. The number of morpholine rings is 1. The summed E-state index contributed by atoms with van der Waals surface area (Å²) >= 11 is 0. The van der Waals surface area contributed by atoms with Crippen molar-refractivity contribution >= 4 is 35.8 Å². The lowest BCUT2D eigenvalue weighted by Crippen LogP contribution is -2.50. The molecular weight excluding hydrogens is 517 g/mol. The highest BCUT2D eigenvalue weighted by atomic mass is 127. The third-order valence-electron chi connectivity index (χ3n) is 5.83. The van der Waals surface area contributed by atoms with Crippen molar-refractivity contribution in [2.75, 3.05) is 52.5 Å². The Morgan fingerprint density at radius 1 is 1.16 bits per heavy atom. The number of aliphatic imine (C=N–C) groups is 1. The second-order valence-electron chi connectivity index (χ2n) is 7.97. The number of nitrogens with zero attached hydrogens (tertiary/aromatic N) is 3. The van der Waals surface area contributed by atoms with Crippen molar-refractivity contribution in [1.29, 1.82) is 0 Å². The first-order chi connectivity index (χ1) is 14.5. The predicted molar refractivity (Wildman–Crippen MR) is 128 cm³/mol. The smallest absolute Gasteiger partial charge is 0.225 e. The zero-order chi connectivity index (χ0) is 21.5. The molecule has 2 heterocycles. The molecule has 1 aromatic carbocycles. The molecule has 1 aromatic rings. The van der Waals surface area contributed by atoms with Gasteiger partial charge in [-0.1, -0.05) is 13.0 Å². The van der Waals surface area contributed by atoms with Crippen LogP contribution in [-0.4, -0.2) is 74.1 Å². The van der Waals surface area contributed by atoms with Gasteiger partial charge >= 0.3 is 0 Å². The van der Waals surface area contributed by atoms with Gasteiger partial charge in [-0.15, -0.1) is 24.0 Å². The van der Waals surface area contributed by atoms with Crippen LogP contribution in [0.2, 0.25) is 0 Å². The molecule has 1 atom stereocenters. The molecule has 2 aliphatic rings. The summed E-state index contributed by atoms with van der Waals surface area (Å²) in [6, 6.07) is 4.01. The van der Waals surface area contributed by atoms with E-state index in [-0.39, 0.29) is 41.7 Å². The molecule has 1 amide bonds. The zero-order valence-corrected chi connectivity index (χ0v) is 20.6. The highest BCUT2D eigenvalue weighted by Crippen LogP contribution is 2.22. The summed E-state index contributed by atoms with van der Waals surface area (Å²) in [5.74, 6) is -0.590.